The molecule has 0 saturated heterocycles. The number of carbonyl (C=O) groups is 1. The largest absolute Gasteiger partial charge is 0.336 e. The average Bonchev–Trinajstić information content (AvgIpc) is 2.73. The standard InChI is InChI=1S/C21H24N2O/c1-22(2)14-20(24)23-12-17-8-5-7-16-11-10-15-6-3-4-9-18(15)19(13-23)21(16)17/h3-9,19H,10-14H2,1-2H3. The van der Waals surface area contributed by atoms with Crippen molar-refractivity contribution in [2.45, 2.75) is 25.3 Å². The Morgan fingerprint density at radius 3 is 2.58 bits per heavy atom. The van der Waals surface area contributed by atoms with Crippen molar-refractivity contribution >= 4 is 5.91 Å². The maximum atomic E-state index is 12.7. The highest BCUT2D eigenvalue weighted by atomic mass is 16.2. The minimum atomic E-state index is 0.220. The van der Waals surface area contributed by atoms with Gasteiger partial charge >= 0.3 is 0 Å². The normalized spacial score (nSPS) is 18.8. The van der Waals surface area contributed by atoms with Crippen molar-refractivity contribution in [3.63, 3.8) is 0 Å². The molecule has 2 aromatic carbocycles. The second-order valence-electron chi connectivity index (χ2n) is 7.25. The van der Waals surface area contributed by atoms with Crippen molar-refractivity contribution in [3.8, 4) is 0 Å². The van der Waals surface area contributed by atoms with Crippen LogP contribution in [0, 0.1) is 0 Å². The minimum Gasteiger partial charge on any atom is -0.336 e. The van der Waals surface area contributed by atoms with Crippen LogP contribution in [0.5, 0.6) is 0 Å². The fourth-order valence-corrected chi connectivity index (χ4v) is 4.24. The minimum absolute atomic E-state index is 0.220. The highest BCUT2D eigenvalue weighted by molar-refractivity contribution is 5.79. The van der Waals surface area contributed by atoms with Crippen molar-refractivity contribution in [1.82, 2.24) is 9.80 Å². The second-order valence-corrected chi connectivity index (χ2v) is 7.25. The molecule has 0 fully saturated rings. The lowest BCUT2D eigenvalue weighted by molar-refractivity contribution is -0.133. The Bertz CT molecular complexity index is 781. The maximum Gasteiger partial charge on any atom is 0.237 e. The molecule has 0 spiro atoms. The van der Waals surface area contributed by atoms with E-state index < -0.39 is 0 Å². The van der Waals surface area contributed by atoms with Gasteiger partial charge in [-0.05, 0) is 54.8 Å². The quantitative estimate of drug-likeness (QED) is 0.849. The zero-order chi connectivity index (χ0) is 16.7. The van der Waals surface area contributed by atoms with Crippen LogP contribution in [0.2, 0.25) is 0 Å². The fourth-order valence-electron chi connectivity index (χ4n) is 4.24. The van der Waals surface area contributed by atoms with Gasteiger partial charge in [-0.3, -0.25) is 4.79 Å². The molecule has 1 unspecified atom stereocenters. The van der Waals surface area contributed by atoms with Crippen molar-refractivity contribution < 1.29 is 4.79 Å². The van der Waals surface area contributed by atoms with Gasteiger partial charge < -0.3 is 9.80 Å². The number of carbonyl (C=O) groups excluding carboxylic acids is 1. The molecule has 2 aromatic rings. The molecule has 0 aromatic heterocycles. The summed E-state index contributed by atoms with van der Waals surface area (Å²) in [6, 6.07) is 15.4. The third-order valence-electron chi connectivity index (χ3n) is 5.30. The van der Waals surface area contributed by atoms with E-state index in [1.807, 2.05) is 23.9 Å². The molecule has 0 saturated carbocycles. The molecule has 1 aliphatic carbocycles. The fraction of sp³-hybridized carbons (Fsp3) is 0.381. The van der Waals surface area contributed by atoms with E-state index in [-0.39, 0.29) is 5.91 Å². The smallest absolute Gasteiger partial charge is 0.237 e. The van der Waals surface area contributed by atoms with E-state index in [1.165, 1.54) is 27.8 Å². The highest BCUT2D eigenvalue weighted by Gasteiger charge is 2.33. The molecule has 1 amide bonds. The summed E-state index contributed by atoms with van der Waals surface area (Å²) in [5, 5.41) is 0. The highest BCUT2D eigenvalue weighted by Crippen LogP contribution is 2.40. The maximum absolute atomic E-state index is 12.7. The lowest BCUT2D eigenvalue weighted by Gasteiger charge is -2.36. The van der Waals surface area contributed by atoms with Gasteiger partial charge in [-0.1, -0.05) is 42.5 Å². The Kier molecular flexibility index (Phi) is 3.89. The topological polar surface area (TPSA) is 23.6 Å². The summed E-state index contributed by atoms with van der Waals surface area (Å²) in [4.78, 5) is 16.7. The molecule has 124 valence electrons. The number of hydrogen-bond acceptors (Lipinski definition) is 2. The monoisotopic (exact) mass is 320 g/mol. The van der Waals surface area contributed by atoms with Crippen LogP contribution in [-0.4, -0.2) is 42.9 Å². The Balaban J connectivity index is 1.79. The van der Waals surface area contributed by atoms with Gasteiger partial charge in [-0.15, -0.1) is 0 Å². The van der Waals surface area contributed by atoms with Crippen LogP contribution in [-0.2, 0) is 24.2 Å². The number of likely N-dealkylation sites (N-methyl/N-ethyl adjacent to an activating group) is 1. The molecular formula is C21H24N2O. The summed E-state index contributed by atoms with van der Waals surface area (Å²) < 4.78 is 0. The van der Waals surface area contributed by atoms with E-state index in [4.69, 9.17) is 0 Å². The first kappa shape index (κ1) is 15.4. The molecule has 2 aliphatic rings. The first-order valence-corrected chi connectivity index (χ1v) is 8.74. The van der Waals surface area contributed by atoms with Gasteiger partial charge in [0.1, 0.15) is 0 Å². The summed E-state index contributed by atoms with van der Waals surface area (Å²) in [5.41, 5.74) is 7.12. The van der Waals surface area contributed by atoms with Crippen LogP contribution in [0.1, 0.15) is 33.7 Å². The molecule has 1 heterocycles. The van der Waals surface area contributed by atoms with Gasteiger partial charge in [-0.25, -0.2) is 0 Å². The van der Waals surface area contributed by atoms with Crippen LogP contribution in [0.25, 0.3) is 0 Å². The predicted octanol–water partition coefficient (Wildman–Crippen LogP) is 2.82. The van der Waals surface area contributed by atoms with Crippen molar-refractivity contribution in [3.05, 3.63) is 70.3 Å². The van der Waals surface area contributed by atoms with Crippen LogP contribution in [0.4, 0.5) is 0 Å². The molecule has 1 aliphatic heterocycles. The zero-order valence-corrected chi connectivity index (χ0v) is 14.5. The predicted molar refractivity (Wildman–Crippen MR) is 96.1 cm³/mol. The molecule has 3 heteroatoms. The average molecular weight is 320 g/mol. The van der Waals surface area contributed by atoms with E-state index >= 15 is 0 Å². The molecule has 3 nitrogen and oxygen atoms in total. The summed E-state index contributed by atoms with van der Waals surface area (Å²) in [6.07, 6.45) is 2.19. The number of nitrogens with zero attached hydrogens (tertiary/aromatic N) is 2. The summed E-state index contributed by atoms with van der Waals surface area (Å²) in [7, 11) is 3.91. The molecule has 24 heavy (non-hydrogen) atoms. The van der Waals surface area contributed by atoms with E-state index in [1.54, 1.807) is 0 Å². The number of amides is 1. The van der Waals surface area contributed by atoms with Crippen LogP contribution in [0.15, 0.2) is 42.5 Å². The van der Waals surface area contributed by atoms with Gasteiger partial charge in [0.05, 0.1) is 6.54 Å². The van der Waals surface area contributed by atoms with E-state index in [0.29, 0.717) is 12.5 Å². The van der Waals surface area contributed by atoms with E-state index in [9.17, 15) is 4.79 Å². The number of benzene rings is 2. The van der Waals surface area contributed by atoms with Gasteiger partial charge in [0.15, 0.2) is 0 Å². The Morgan fingerprint density at radius 1 is 1.04 bits per heavy atom. The van der Waals surface area contributed by atoms with Gasteiger partial charge in [0.25, 0.3) is 0 Å². The number of aryl methyl sites for hydroxylation is 2. The van der Waals surface area contributed by atoms with Gasteiger partial charge in [0.2, 0.25) is 5.91 Å². The molecule has 0 radical (unpaired) electrons. The Morgan fingerprint density at radius 2 is 1.75 bits per heavy atom. The number of rotatable bonds is 2. The van der Waals surface area contributed by atoms with Crippen molar-refractivity contribution in [2.75, 3.05) is 27.2 Å². The van der Waals surface area contributed by atoms with Gasteiger partial charge in [-0.2, -0.15) is 0 Å². The molecule has 4 rings (SSSR count). The third-order valence-corrected chi connectivity index (χ3v) is 5.30. The molecule has 0 N–H and O–H groups in total. The summed E-state index contributed by atoms with van der Waals surface area (Å²) >= 11 is 0. The summed E-state index contributed by atoms with van der Waals surface area (Å²) in [6.45, 7) is 2.02. The lowest BCUT2D eigenvalue weighted by atomic mass is 9.82. The number of fused-ring (bicyclic) bond motifs is 2. The SMILES string of the molecule is CN(C)CC(=O)N1Cc2cccc3c2C(C1)c1ccccc1CC3. The van der Waals surface area contributed by atoms with E-state index in [2.05, 4.69) is 42.5 Å². The van der Waals surface area contributed by atoms with Gasteiger partial charge in [0, 0.05) is 19.0 Å². The number of hydrogen-bond donors (Lipinski definition) is 0. The Labute approximate surface area is 143 Å². The zero-order valence-electron chi connectivity index (χ0n) is 14.5. The van der Waals surface area contributed by atoms with Crippen LogP contribution in [0.3, 0.4) is 0 Å². The first-order chi connectivity index (χ1) is 11.6. The Hall–Kier alpha value is -2.13. The second kappa shape index (κ2) is 6.06. The molecule has 0 bridgehead atoms. The van der Waals surface area contributed by atoms with Crippen LogP contribution < -0.4 is 0 Å². The van der Waals surface area contributed by atoms with Crippen LogP contribution >= 0.6 is 0 Å². The summed E-state index contributed by atoms with van der Waals surface area (Å²) in [5.74, 6) is 0.535. The molecule has 1 atom stereocenters. The first-order valence-electron chi connectivity index (χ1n) is 8.74. The third kappa shape index (κ3) is 2.63. The lowest BCUT2D eigenvalue weighted by Crippen LogP contribution is -2.42. The molecular weight excluding hydrogens is 296 g/mol. The van der Waals surface area contributed by atoms with Crippen molar-refractivity contribution in [2.24, 2.45) is 0 Å². The van der Waals surface area contributed by atoms with E-state index in [0.717, 1.165) is 25.9 Å². The van der Waals surface area contributed by atoms with Crippen molar-refractivity contribution in [1.29, 1.82) is 0 Å².